The minimum atomic E-state index is -1.54. The van der Waals surface area contributed by atoms with E-state index in [0.717, 1.165) is 12.1 Å². The molecule has 0 aliphatic carbocycles. The molecule has 112 valence electrons. The van der Waals surface area contributed by atoms with E-state index in [1.807, 2.05) is 0 Å². The lowest BCUT2D eigenvalue weighted by Crippen LogP contribution is -2.14. The number of hydrogen-bond acceptors (Lipinski definition) is 2. The van der Waals surface area contributed by atoms with Gasteiger partial charge in [0.2, 0.25) is 0 Å². The van der Waals surface area contributed by atoms with Crippen LogP contribution in [0.3, 0.4) is 0 Å². The average molecular weight is 299 g/mol. The first-order valence-corrected chi connectivity index (χ1v) is 6.14. The highest BCUT2D eigenvalue weighted by Crippen LogP contribution is 2.23. The van der Waals surface area contributed by atoms with E-state index >= 15 is 0 Å². The van der Waals surface area contributed by atoms with Gasteiger partial charge >= 0.3 is 0 Å². The molecule has 0 heterocycles. The molecular formula is C15H13F4NO. The lowest BCUT2D eigenvalue weighted by Gasteiger charge is -2.13. The second-order valence-corrected chi connectivity index (χ2v) is 4.58. The van der Waals surface area contributed by atoms with E-state index in [9.17, 15) is 17.6 Å². The van der Waals surface area contributed by atoms with Crippen molar-refractivity contribution in [2.75, 3.05) is 7.11 Å². The zero-order valence-electron chi connectivity index (χ0n) is 11.2. The SMILES string of the molecule is COc1ccc(CC(N)c2cc(F)c(F)c(F)c2)cc1F. The first-order valence-electron chi connectivity index (χ1n) is 6.14. The Kier molecular flexibility index (Phi) is 4.47. The van der Waals surface area contributed by atoms with Crippen molar-refractivity contribution in [3.05, 3.63) is 64.7 Å². The molecule has 0 bridgehead atoms. The Hall–Kier alpha value is -2.08. The van der Waals surface area contributed by atoms with Gasteiger partial charge in [-0.05, 0) is 41.8 Å². The van der Waals surface area contributed by atoms with Gasteiger partial charge in [0, 0.05) is 6.04 Å². The van der Waals surface area contributed by atoms with E-state index < -0.39 is 29.3 Å². The molecule has 0 radical (unpaired) electrons. The molecule has 21 heavy (non-hydrogen) atoms. The highest BCUT2D eigenvalue weighted by atomic mass is 19.2. The summed E-state index contributed by atoms with van der Waals surface area (Å²) in [7, 11) is 1.34. The molecule has 2 rings (SSSR count). The predicted molar refractivity (Wildman–Crippen MR) is 69.9 cm³/mol. The minimum Gasteiger partial charge on any atom is -0.494 e. The summed E-state index contributed by atoms with van der Waals surface area (Å²) in [6, 6.07) is 5.14. The van der Waals surface area contributed by atoms with Gasteiger partial charge in [0.1, 0.15) is 0 Å². The van der Waals surface area contributed by atoms with Crippen LogP contribution in [-0.4, -0.2) is 7.11 Å². The highest BCUT2D eigenvalue weighted by Gasteiger charge is 2.15. The first kappa shape index (κ1) is 15.3. The monoisotopic (exact) mass is 299 g/mol. The van der Waals surface area contributed by atoms with Gasteiger partial charge in [-0.1, -0.05) is 6.07 Å². The van der Waals surface area contributed by atoms with Gasteiger partial charge in [-0.15, -0.1) is 0 Å². The number of hydrogen-bond donors (Lipinski definition) is 1. The first-order chi connectivity index (χ1) is 9.92. The maximum atomic E-state index is 13.5. The topological polar surface area (TPSA) is 35.2 Å². The maximum Gasteiger partial charge on any atom is 0.194 e. The molecule has 0 aliphatic heterocycles. The van der Waals surface area contributed by atoms with Crippen LogP contribution in [0, 0.1) is 23.3 Å². The number of benzene rings is 2. The van der Waals surface area contributed by atoms with Gasteiger partial charge in [-0.2, -0.15) is 0 Å². The standard InChI is InChI=1S/C15H13F4NO/c1-21-14-3-2-8(4-10(14)16)5-13(20)9-6-11(17)15(19)12(18)7-9/h2-4,6-7,13H,5,20H2,1H3. The zero-order chi connectivity index (χ0) is 15.6. The Bertz CT molecular complexity index is 637. The van der Waals surface area contributed by atoms with Crippen LogP contribution in [0.15, 0.2) is 30.3 Å². The maximum absolute atomic E-state index is 13.5. The molecule has 2 N–H and O–H groups in total. The summed E-state index contributed by atoms with van der Waals surface area (Å²) >= 11 is 0. The fourth-order valence-corrected chi connectivity index (χ4v) is 2.00. The van der Waals surface area contributed by atoms with E-state index in [-0.39, 0.29) is 17.7 Å². The minimum absolute atomic E-state index is 0.0891. The third-order valence-corrected chi connectivity index (χ3v) is 3.11. The molecule has 0 aromatic heterocycles. The summed E-state index contributed by atoms with van der Waals surface area (Å²) in [6.07, 6.45) is 0.144. The van der Waals surface area contributed by atoms with E-state index in [1.165, 1.54) is 19.2 Å². The normalized spacial score (nSPS) is 12.3. The number of nitrogens with two attached hydrogens (primary N) is 1. The molecule has 0 saturated carbocycles. The predicted octanol–water partition coefficient (Wildman–Crippen LogP) is 3.49. The third kappa shape index (κ3) is 3.33. The molecular weight excluding hydrogens is 286 g/mol. The lowest BCUT2D eigenvalue weighted by atomic mass is 9.99. The molecule has 0 aliphatic rings. The number of halogens is 4. The Morgan fingerprint density at radius 3 is 2.14 bits per heavy atom. The molecule has 6 heteroatoms. The Balaban J connectivity index is 2.21. The number of rotatable bonds is 4. The van der Waals surface area contributed by atoms with Gasteiger partial charge in [0.15, 0.2) is 29.0 Å². The van der Waals surface area contributed by atoms with Crippen molar-refractivity contribution in [2.45, 2.75) is 12.5 Å². The van der Waals surface area contributed by atoms with Crippen LogP contribution in [-0.2, 0) is 6.42 Å². The molecule has 2 aromatic carbocycles. The summed E-state index contributed by atoms with van der Waals surface area (Å²) < 4.78 is 57.5. The van der Waals surface area contributed by atoms with Crippen molar-refractivity contribution in [3.8, 4) is 5.75 Å². The number of ether oxygens (including phenoxy) is 1. The van der Waals surface area contributed by atoms with E-state index in [1.54, 1.807) is 6.07 Å². The van der Waals surface area contributed by atoms with Crippen LogP contribution in [0.4, 0.5) is 17.6 Å². The molecule has 2 aromatic rings. The summed E-state index contributed by atoms with van der Waals surface area (Å²) in [5, 5.41) is 0. The smallest absolute Gasteiger partial charge is 0.194 e. The van der Waals surface area contributed by atoms with Gasteiger partial charge < -0.3 is 10.5 Å². The molecule has 0 fully saturated rings. The van der Waals surface area contributed by atoms with E-state index in [4.69, 9.17) is 10.5 Å². The van der Waals surface area contributed by atoms with Crippen LogP contribution in [0.5, 0.6) is 5.75 Å². The van der Waals surface area contributed by atoms with Gasteiger partial charge in [-0.25, -0.2) is 17.6 Å². The Morgan fingerprint density at radius 2 is 1.62 bits per heavy atom. The van der Waals surface area contributed by atoms with Crippen LogP contribution >= 0.6 is 0 Å². The molecule has 0 saturated heterocycles. The molecule has 2 nitrogen and oxygen atoms in total. The highest BCUT2D eigenvalue weighted by molar-refractivity contribution is 5.31. The fourth-order valence-electron chi connectivity index (χ4n) is 2.00. The van der Waals surface area contributed by atoms with Crippen LogP contribution in [0.25, 0.3) is 0 Å². The molecule has 1 atom stereocenters. The van der Waals surface area contributed by atoms with Gasteiger partial charge in [-0.3, -0.25) is 0 Å². The quantitative estimate of drug-likeness (QED) is 0.693. The molecule has 0 spiro atoms. The second-order valence-electron chi connectivity index (χ2n) is 4.58. The van der Waals surface area contributed by atoms with Gasteiger partial charge in [0.05, 0.1) is 7.11 Å². The largest absolute Gasteiger partial charge is 0.494 e. The lowest BCUT2D eigenvalue weighted by molar-refractivity contribution is 0.386. The van der Waals surface area contributed by atoms with Crippen molar-refractivity contribution in [2.24, 2.45) is 5.73 Å². The van der Waals surface area contributed by atoms with Crippen LogP contribution in [0.2, 0.25) is 0 Å². The third-order valence-electron chi connectivity index (χ3n) is 3.11. The Labute approximate surface area is 119 Å². The summed E-state index contributed by atoms with van der Waals surface area (Å²) in [4.78, 5) is 0. The van der Waals surface area contributed by atoms with Crippen LogP contribution in [0.1, 0.15) is 17.2 Å². The van der Waals surface area contributed by atoms with Crippen molar-refractivity contribution in [1.82, 2.24) is 0 Å². The second kappa shape index (κ2) is 6.13. The van der Waals surface area contributed by atoms with Gasteiger partial charge in [0.25, 0.3) is 0 Å². The summed E-state index contributed by atoms with van der Waals surface area (Å²) in [5.74, 6) is -4.62. The Morgan fingerprint density at radius 1 is 1.00 bits per heavy atom. The van der Waals surface area contributed by atoms with Crippen molar-refractivity contribution in [1.29, 1.82) is 0 Å². The molecule has 1 unspecified atom stereocenters. The van der Waals surface area contributed by atoms with Crippen molar-refractivity contribution >= 4 is 0 Å². The fraction of sp³-hybridized carbons (Fsp3) is 0.200. The summed E-state index contributed by atoms with van der Waals surface area (Å²) in [6.45, 7) is 0. The van der Waals surface area contributed by atoms with Crippen molar-refractivity contribution in [3.63, 3.8) is 0 Å². The van der Waals surface area contributed by atoms with Crippen molar-refractivity contribution < 1.29 is 22.3 Å². The summed E-state index contributed by atoms with van der Waals surface area (Å²) in [5.41, 5.74) is 6.46. The van der Waals surface area contributed by atoms with E-state index in [2.05, 4.69) is 0 Å². The average Bonchev–Trinajstić information content (AvgIpc) is 2.44. The van der Waals surface area contributed by atoms with E-state index in [0.29, 0.717) is 5.56 Å². The number of methoxy groups -OCH3 is 1. The van der Waals surface area contributed by atoms with Crippen LogP contribution < -0.4 is 10.5 Å². The zero-order valence-corrected chi connectivity index (χ0v) is 11.2. The molecule has 0 amide bonds.